The number of rotatable bonds is 7. The third-order valence-electron chi connectivity index (χ3n) is 4.83. The minimum absolute atomic E-state index is 0.171. The highest BCUT2D eigenvalue weighted by atomic mass is 32.2. The van der Waals surface area contributed by atoms with Crippen LogP contribution < -0.4 is 5.43 Å². The Morgan fingerprint density at radius 1 is 0.938 bits per heavy atom. The molecular weight excluding hydrogens is 418 g/mol. The Morgan fingerprint density at radius 3 is 2.28 bits per heavy atom. The number of benzene rings is 3. The second-order valence-electron chi connectivity index (χ2n) is 7.23. The first-order valence-electron chi connectivity index (χ1n) is 10.2. The minimum Gasteiger partial charge on any atom is -0.272 e. The molecule has 0 unspecified atom stereocenters. The van der Waals surface area contributed by atoms with Crippen LogP contribution in [-0.2, 0) is 4.79 Å². The summed E-state index contributed by atoms with van der Waals surface area (Å²) in [5.74, 6) is 0.699. The molecule has 0 saturated carbocycles. The lowest BCUT2D eigenvalue weighted by atomic mass is 10.1. The van der Waals surface area contributed by atoms with Crippen molar-refractivity contribution >= 4 is 23.4 Å². The van der Waals surface area contributed by atoms with Crippen molar-refractivity contribution in [1.82, 2.24) is 20.2 Å². The molecule has 7 heteroatoms. The highest BCUT2D eigenvalue weighted by Gasteiger charge is 2.17. The molecular formula is C25H23N5OS. The lowest BCUT2D eigenvalue weighted by Gasteiger charge is -2.10. The van der Waals surface area contributed by atoms with Gasteiger partial charge in [0.2, 0.25) is 0 Å². The van der Waals surface area contributed by atoms with Crippen LogP contribution in [0, 0.1) is 6.92 Å². The molecule has 0 atom stereocenters. The number of hydrogen-bond donors (Lipinski definition) is 1. The molecule has 0 aliphatic carbocycles. The number of thioether (sulfide) groups is 1. The summed E-state index contributed by atoms with van der Waals surface area (Å²) in [7, 11) is 0. The summed E-state index contributed by atoms with van der Waals surface area (Å²) in [6.07, 6.45) is 0. The molecule has 0 radical (unpaired) electrons. The van der Waals surface area contributed by atoms with Crippen LogP contribution in [0.1, 0.15) is 18.1 Å². The van der Waals surface area contributed by atoms with Crippen LogP contribution in [-0.4, -0.2) is 32.1 Å². The van der Waals surface area contributed by atoms with Crippen molar-refractivity contribution < 1.29 is 4.79 Å². The maximum atomic E-state index is 12.4. The Morgan fingerprint density at radius 2 is 1.59 bits per heavy atom. The van der Waals surface area contributed by atoms with Gasteiger partial charge in [-0.25, -0.2) is 5.43 Å². The number of carbonyl (C=O) groups excluding carboxylic acids is 1. The number of aryl methyl sites for hydroxylation is 1. The van der Waals surface area contributed by atoms with Gasteiger partial charge in [-0.1, -0.05) is 90.1 Å². The highest BCUT2D eigenvalue weighted by molar-refractivity contribution is 7.99. The lowest BCUT2D eigenvalue weighted by molar-refractivity contribution is -0.118. The zero-order valence-corrected chi connectivity index (χ0v) is 18.7. The maximum Gasteiger partial charge on any atom is 0.250 e. The van der Waals surface area contributed by atoms with Gasteiger partial charge >= 0.3 is 0 Å². The summed E-state index contributed by atoms with van der Waals surface area (Å²) in [4.78, 5) is 12.4. The van der Waals surface area contributed by atoms with E-state index >= 15 is 0 Å². The van der Waals surface area contributed by atoms with Crippen LogP contribution in [0.15, 0.2) is 95.2 Å². The van der Waals surface area contributed by atoms with E-state index in [2.05, 4.69) is 20.7 Å². The zero-order valence-electron chi connectivity index (χ0n) is 17.9. The summed E-state index contributed by atoms with van der Waals surface area (Å²) in [6, 6.07) is 27.8. The van der Waals surface area contributed by atoms with Crippen molar-refractivity contribution in [3.8, 4) is 17.1 Å². The van der Waals surface area contributed by atoms with E-state index in [1.165, 1.54) is 17.3 Å². The smallest absolute Gasteiger partial charge is 0.250 e. The second-order valence-corrected chi connectivity index (χ2v) is 8.17. The predicted octanol–water partition coefficient (Wildman–Crippen LogP) is 4.88. The zero-order chi connectivity index (χ0) is 22.3. The highest BCUT2D eigenvalue weighted by Crippen LogP contribution is 2.28. The average molecular weight is 442 g/mol. The molecule has 1 N–H and O–H groups in total. The molecule has 0 bridgehead atoms. The number of hydrazone groups is 1. The van der Waals surface area contributed by atoms with Gasteiger partial charge in [0, 0.05) is 11.3 Å². The van der Waals surface area contributed by atoms with E-state index in [0.29, 0.717) is 5.16 Å². The van der Waals surface area contributed by atoms with E-state index < -0.39 is 0 Å². The van der Waals surface area contributed by atoms with Crippen LogP contribution in [0.5, 0.6) is 0 Å². The van der Waals surface area contributed by atoms with Crippen molar-refractivity contribution in [2.45, 2.75) is 19.0 Å². The predicted molar refractivity (Wildman–Crippen MR) is 129 cm³/mol. The summed E-state index contributed by atoms with van der Waals surface area (Å²) in [5, 5.41) is 13.6. The summed E-state index contributed by atoms with van der Waals surface area (Å²) in [5.41, 5.74) is 7.41. The first-order chi connectivity index (χ1) is 15.6. The molecule has 0 saturated heterocycles. The van der Waals surface area contributed by atoms with Gasteiger partial charge < -0.3 is 0 Å². The quantitative estimate of drug-likeness (QED) is 0.252. The lowest BCUT2D eigenvalue weighted by Crippen LogP contribution is -2.21. The van der Waals surface area contributed by atoms with Crippen LogP contribution in [0.3, 0.4) is 0 Å². The molecule has 1 heterocycles. The van der Waals surface area contributed by atoms with Crippen molar-refractivity contribution in [1.29, 1.82) is 0 Å². The SMILES string of the molecule is CC(=NNC(=O)CSc1nnc(-c2ccccc2)n1-c1ccc(C)cc1)c1ccccc1. The molecule has 6 nitrogen and oxygen atoms in total. The van der Waals surface area contributed by atoms with Crippen molar-refractivity contribution in [3.63, 3.8) is 0 Å². The topological polar surface area (TPSA) is 72.2 Å². The van der Waals surface area contributed by atoms with Gasteiger partial charge in [0.15, 0.2) is 11.0 Å². The molecule has 3 aromatic carbocycles. The number of aromatic nitrogens is 3. The standard InChI is InChI=1S/C25H23N5OS/c1-18-13-15-22(16-14-18)30-24(21-11-7-4-8-12-21)28-29-25(30)32-17-23(31)27-26-19(2)20-9-5-3-6-10-20/h3-16H,17H2,1-2H3,(H,27,31). The number of amides is 1. The molecule has 4 aromatic rings. The number of hydrogen-bond acceptors (Lipinski definition) is 5. The molecule has 1 amide bonds. The third kappa shape index (κ3) is 5.12. The molecule has 4 rings (SSSR count). The fourth-order valence-electron chi connectivity index (χ4n) is 3.12. The number of carbonyl (C=O) groups is 1. The Labute approximate surface area is 191 Å². The second kappa shape index (κ2) is 10.1. The molecule has 0 fully saturated rings. The van der Waals surface area contributed by atoms with Gasteiger partial charge in [-0.15, -0.1) is 10.2 Å². The summed E-state index contributed by atoms with van der Waals surface area (Å²) < 4.78 is 1.98. The van der Waals surface area contributed by atoms with Crippen molar-refractivity contribution in [2.75, 3.05) is 5.75 Å². The fraction of sp³-hybridized carbons (Fsp3) is 0.120. The van der Waals surface area contributed by atoms with E-state index in [1.54, 1.807) is 0 Å². The number of nitrogens with zero attached hydrogens (tertiary/aromatic N) is 4. The van der Waals surface area contributed by atoms with Gasteiger partial charge in [-0.2, -0.15) is 5.10 Å². The monoisotopic (exact) mass is 441 g/mol. The molecule has 0 aliphatic heterocycles. The Hall–Kier alpha value is -3.71. The van der Waals surface area contributed by atoms with Gasteiger partial charge in [-0.3, -0.25) is 9.36 Å². The normalized spacial score (nSPS) is 11.4. The van der Waals surface area contributed by atoms with E-state index in [4.69, 9.17) is 0 Å². The molecule has 0 spiro atoms. The van der Waals surface area contributed by atoms with Crippen LogP contribution >= 0.6 is 11.8 Å². The van der Waals surface area contributed by atoms with Gasteiger partial charge in [0.1, 0.15) is 0 Å². The number of nitrogens with one attached hydrogen (secondary N) is 1. The van der Waals surface area contributed by atoms with E-state index in [-0.39, 0.29) is 11.7 Å². The van der Waals surface area contributed by atoms with Gasteiger partial charge in [0.25, 0.3) is 5.91 Å². The average Bonchev–Trinajstić information content (AvgIpc) is 3.27. The van der Waals surface area contributed by atoms with Crippen molar-refractivity contribution in [2.24, 2.45) is 5.10 Å². The Bertz CT molecular complexity index is 1220. The first kappa shape index (κ1) is 21.5. The molecule has 0 aliphatic rings. The van der Waals surface area contributed by atoms with Gasteiger partial charge in [-0.05, 0) is 31.5 Å². The molecule has 32 heavy (non-hydrogen) atoms. The summed E-state index contributed by atoms with van der Waals surface area (Å²) in [6.45, 7) is 3.91. The largest absolute Gasteiger partial charge is 0.272 e. The first-order valence-corrected chi connectivity index (χ1v) is 11.2. The van der Waals surface area contributed by atoms with Crippen LogP contribution in [0.4, 0.5) is 0 Å². The molecule has 1 aromatic heterocycles. The van der Waals surface area contributed by atoms with Crippen LogP contribution in [0.25, 0.3) is 17.1 Å². The Kier molecular flexibility index (Phi) is 6.77. The molecule has 160 valence electrons. The van der Waals surface area contributed by atoms with E-state index in [1.807, 2.05) is 103 Å². The van der Waals surface area contributed by atoms with E-state index in [0.717, 1.165) is 28.4 Å². The third-order valence-corrected chi connectivity index (χ3v) is 5.76. The van der Waals surface area contributed by atoms with Crippen LogP contribution in [0.2, 0.25) is 0 Å². The van der Waals surface area contributed by atoms with Gasteiger partial charge in [0.05, 0.1) is 11.5 Å². The fourth-order valence-corrected chi connectivity index (χ4v) is 3.86. The maximum absolute atomic E-state index is 12.4. The van der Waals surface area contributed by atoms with Crippen molar-refractivity contribution in [3.05, 3.63) is 96.1 Å². The summed E-state index contributed by atoms with van der Waals surface area (Å²) >= 11 is 1.33. The Balaban J connectivity index is 1.53. The van der Waals surface area contributed by atoms with E-state index in [9.17, 15) is 4.79 Å². The minimum atomic E-state index is -0.204.